The molecule has 1 unspecified atom stereocenters. The first-order chi connectivity index (χ1) is 12.3. The highest BCUT2D eigenvalue weighted by Crippen LogP contribution is 2.29. The van der Waals surface area contributed by atoms with E-state index in [4.69, 9.17) is 4.74 Å². The molecule has 150 valence electrons. The van der Waals surface area contributed by atoms with Crippen LogP contribution < -0.4 is 9.46 Å². The molecule has 0 aliphatic carbocycles. The number of benzene rings is 1. The lowest BCUT2D eigenvalue weighted by Crippen LogP contribution is -2.29. The fraction of sp³-hybridized carbons (Fsp3) is 0.684. The molecule has 2 N–H and O–H groups in total. The number of rotatable bonds is 13. The molecule has 0 fully saturated rings. The van der Waals surface area contributed by atoms with E-state index in [0.29, 0.717) is 23.5 Å². The minimum absolute atomic E-state index is 0.370. The number of aliphatic hydroxyl groups is 1. The first kappa shape index (κ1) is 22.7. The Morgan fingerprint density at radius 1 is 1.19 bits per heavy atom. The van der Waals surface area contributed by atoms with Gasteiger partial charge in [0, 0.05) is 6.54 Å². The topological polar surface area (TPSA) is 78.9 Å². The highest BCUT2D eigenvalue weighted by molar-refractivity contribution is 7.92. The van der Waals surface area contributed by atoms with Gasteiger partial charge < -0.3 is 14.7 Å². The average molecular weight is 387 g/mol. The van der Waals surface area contributed by atoms with Crippen molar-refractivity contribution in [3.8, 4) is 5.75 Å². The highest BCUT2D eigenvalue weighted by atomic mass is 32.2. The smallest absolute Gasteiger partial charge is 0.229 e. The largest absolute Gasteiger partial charge is 0.495 e. The van der Waals surface area contributed by atoms with Gasteiger partial charge in [0.25, 0.3) is 0 Å². The lowest BCUT2D eigenvalue weighted by atomic mass is 10.1. The van der Waals surface area contributed by atoms with Crippen LogP contribution in [0.2, 0.25) is 0 Å². The summed E-state index contributed by atoms with van der Waals surface area (Å²) in [4.78, 5) is 2.24. The van der Waals surface area contributed by atoms with Crippen LogP contribution in [0.1, 0.15) is 57.6 Å². The SMILES string of the molecule is CCCCCCCN(CC)CC(O)c1ccc(NS(C)(=O)=O)c(OC)c1. The molecule has 7 heteroatoms. The Hall–Kier alpha value is -1.31. The van der Waals surface area contributed by atoms with Crippen LogP contribution >= 0.6 is 0 Å². The zero-order chi connectivity index (χ0) is 19.6. The third-order valence-corrected chi connectivity index (χ3v) is 4.95. The first-order valence-corrected chi connectivity index (χ1v) is 11.3. The van der Waals surface area contributed by atoms with Gasteiger partial charge in [-0.1, -0.05) is 45.6 Å². The van der Waals surface area contributed by atoms with Crippen LogP contribution in [-0.4, -0.2) is 51.4 Å². The summed E-state index contributed by atoms with van der Waals surface area (Å²) in [6.45, 7) is 6.71. The molecule has 0 saturated carbocycles. The maximum atomic E-state index is 11.4. The monoisotopic (exact) mass is 386 g/mol. The van der Waals surface area contributed by atoms with Crippen molar-refractivity contribution >= 4 is 15.7 Å². The number of hydrogen-bond donors (Lipinski definition) is 2. The molecule has 0 bridgehead atoms. The van der Waals surface area contributed by atoms with E-state index in [0.717, 1.165) is 25.8 Å². The van der Waals surface area contributed by atoms with E-state index in [1.165, 1.54) is 32.8 Å². The van der Waals surface area contributed by atoms with E-state index in [-0.39, 0.29) is 0 Å². The van der Waals surface area contributed by atoms with Crippen molar-refractivity contribution in [1.29, 1.82) is 0 Å². The number of nitrogens with one attached hydrogen (secondary N) is 1. The predicted molar refractivity (Wildman–Crippen MR) is 107 cm³/mol. The van der Waals surface area contributed by atoms with E-state index in [9.17, 15) is 13.5 Å². The highest BCUT2D eigenvalue weighted by Gasteiger charge is 2.16. The summed E-state index contributed by atoms with van der Waals surface area (Å²) < 4.78 is 30.5. The van der Waals surface area contributed by atoms with E-state index in [1.54, 1.807) is 18.2 Å². The fourth-order valence-corrected chi connectivity index (χ4v) is 3.43. The number of hydrogen-bond acceptors (Lipinski definition) is 5. The van der Waals surface area contributed by atoms with Crippen molar-refractivity contribution < 1.29 is 18.3 Å². The third kappa shape index (κ3) is 8.38. The first-order valence-electron chi connectivity index (χ1n) is 9.36. The molecular weight excluding hydrogens is 352 g/mol. The Morgan fingerprint density at radius 2 is 1.88 bits per heavy atom. The van der Waals surface area contributed by atoms with Gasteiger partial charge >= 0.3 is 0 Å². The molecule has 1 rings (SSSR count). The van der Waals surface area contributed by atoms with Gasteiger partial charge in [0.15, 0.2) is 0 Å². The van der Waals surface area contributed by atoms with Gasteiger partial charge in [-0.05, 0) is 37.2 Å². The van der Waals surface area contributed by atoms with Crippen molar-refractivity contribution in [3.05, 3.63) is 23.8 Å². The second-order valence-corrected chi connectivity index (χ2v) is 8.41. The second-order valence-electron chi connectivity index (χ2n) is 6.66. The van der Waals surface area contributed by atoms with Crippen molar-refractivity contribution in [2.24, 2.45) is 0 Å². The van der Waals surface area contributed by atoms with E-state index >= 15 is 0 Å². The van der Waals surface area contributed by atoms with Crippen LogP contribution in [0, 0.1) is 0 Å². The maximum absolute atomic E-state index is 11.4. The molecule has 0 radical (unpaired) electrons. The number of nitrogens with zero attached hydrogens (tertiary/aromatic N) is 1. The second kappa shape index (κ2) is 11.4. The Labute approximate surface area is 158 Å². The number of aliphatic hydroxyl groups excluding tert-OH is 1. The number of methoxy groups -OCH3 is 1. The maximum Gasteiger partial charge on any atom is 0.229 e. The fourth-order valence-electron chi connectivity index (χ4n) is 2.87. The molecule has 1 aromatic rings. The van der Waals surface area contributed by atoms with Crippen LogP contribution in [-0.2, 0) is 10.0 Å². The van der Waals surface area contributed by atoms with Crippen LogP contribution in [0.15, 0.2) is 18.2 Å². The third-order valence-electron chi connectivity index (χ3n) is 4.36. The van der Waals surface area contributed by atoms with Crippen LogP contribution in [0.5, 0.6) is 5.75 Å². The van der Waals surface area contributed by atoms with Crippen molar-refractivity contribution in [2.75, 3.05) is 37.7 Å². The summed E-state index contributed by atoms with van der Waals surface area (Å²) in [5, 5.41) is 10.6. The van der Waals surface area contributed by atoms with E-state index in [2.05, 4.69) is 23.5 Å². The molecule has 0 aliphatic heterocycles. The number of sulfonamides is 1. The summed E-state index contributed by atoms with van der Waals surface area (Å²) in [5.41, 5.74) is 1.08. The van der Waals surface area contributed by atoms with Gasteiger partial charge in [-0.2, -0.15) is 0 Å². The molecule has 1 atom stereocenters. The minimum Gasteiger partial charge on any atom is -0.495 e. The minimum atomic E-state index is -3.38. The summed E-state index contributed by atoms with van der Waals surface area (Å²) in [5.74, 6) is 0.398. The molecular formula is C19H34N2O4S. The molecule has 0 heterocycles. The van der Waals surface area contributed by atoms with Crippen molar-refractivity contribution in [3.63, 3.8) is 0 Å². The Morgan fingerprint density at radius 3 is 2.46 bits per heavy atom. The van der Waals surface area contributed by atoms with E-state index in [1.807, 2.05) is 0 Å². The van der Waals surface area contributed by atoms with Crippen LogP contribution in [0.3, 0.4) is 0 Å². The summed E-state index contributed by atoms with van der Waals surface area (Å²) in [6.07, 6.45) is 6.59. The predicted octanol–water partition coefficient (Wildman–Crippen LogP) is 3.39. The molecule has 0 saturated heterocycles. The lowest BCUT2D eigenvalue weighted by molar-refractivity contribution is 0.114. The molecule has 0 aliphatic rings. The van der Waals surface area contributed by atoms with Crippen molar-refractivity contribution in [1.82, 2.24) is 4.90 Å². The molecule has 0 spiro atoms. The number of unbranched alkanes of at least 4 members (excludes halogenated alkanes) is 4. The normalized spacial score (nSPS) is 13.0. The van der Waals surface area contributed by atoms with Gasteiger partial charge in [-0.15, -0.1) is 0 Å². The standard InChI is InChI=1S/C19H34N2O4S/c1-5-7-8-9-10-13-21(6-2)15-18(22)16-11-12-17(19(14-16)25-3)20-26(4,23)24/h11-12,14,18,20,22H,5-10,13,15H2,1-4H3. The zero-order valence-corrected chi connectivity index (χ0v) is 17.3. The van der Waals surface area contributed by atoms with Crippen molar-refractivity contribution in [2.45, 2.75) is 52.1 Å². The van der Waals surface area contributed by atoms with Crippen LogP contribution in [0.4, 0.5) is 5.69 Å². The van der Waals surface area contributed by atoms with Gasteiger partial charge in [0.05, 0.1) is 25.2 Å². The van der Waals surface area contributed by atoms with Gasteiger partial charge in [-0.3, -0.25) is 4.72 Å². The molecule has 1 aromatic carbocycles. The van der Waals surface area contributed by atoms with Gasteiger partial charge in [-0.25, -0.2) is 8.42 Å². The zero-order valence-electron chi connectivity index (χ0n) is 16.5. The Kier molecular flexibility index (Phi) is 9.98. The molecule has 26 heavy (non-hydrogen) atoms. The van der Waals surface area contributed by atoms with Crippen LogP contribution in [0.25, 0.3) is 0 Å². The summed E-state index contributed by atoms with van der Waals surface area (Å²) in [7, 11) is -1.90. The number of ether oxygens (including phenoxy) is 1. The molecule has 0 amide bonds. The van der Waals surface area contributed by atoms with E-state index < -0.39 is 16.1 Å². The van der Waals surface area contributed by atoms with Gasteiger partial charge in [0.1, 0.15) is 5.75 Å². The summed E-state index contributed by atoms with van der Waals surface area (Å²) >= 11 is 0. The number of anilines is 1. The van der Waals surface area contributed by atoms with Gasteiger partial charge in [0.2, 0.25) is 10.0 Å². The summed E-state index contributed by atoms with van der Waals surface area (Å²) in [6, 6.07) is 5.04. The Balaban J connectivity index is 2.68. The Bertz CT molecular complexity index is 634. The molecule has 0 aromatic heterocycles. The quantitative estimate of drug-likeness (QED) is 0.508. The average Bonchev–Trinajstić information content (AvgIpc) is 2.59. The molecule has 6 nitrogen and oxygen atoms in total. The number of likely N-dealkylation sites (N-methyl/N-ethyl adjacent to an activating group) is 1. The lowest BCUT2D eigenvalue weighted by Gasteiger charge is -2.24.